The van der Waals surface area contributed by atoms with E-state index in [4.69, 9.17) is 11.6 Å². The molecule has 0 bridgehead atoms. The van der Waals surface area contributed by atoms with Gasteiger partial charge in [0, 0.05) is 22.6 Å². The van der Waals surface area contributed by atoms with Crippen LogP contribution in [0.2, 0.25) is 5.02 Å². The summed E-state index contributed by atoms with van der Waals surface area (Å²) in [5.41, 5.74) is 1.79. The Morgan fingerprint density at radius 1 is 1.12 bits per heavy atom. The molecule has 1 aromatic heterocycles. The van der Waals surface area contributed by atoms with Crippen LogP contribution in [-0.2, 0) is 16.6 Å². The quantitative estimate of drug-likeness (QED) is 0.748. The molecule has 0 saturated carbocycles. The van der Waals surface area contributed by atoms with Crippen LogP contribution in [0, 0.1) is 6.92 Å². The van der Waals surface area contributed by atoms with Gasteiger partial charge in [-0.2, -0.15) is 0 Å². The highest BCUT2D eigenvalue weighted by atomic mass is 35.5. The lowest BCUT2D eigenvalue weighted by molar-refractivity contribution is 0.581. The number of aromatic nitrogens is 1. The van der Waals surface area contributed by atoms with E-state index >= 15 is 0 Å². The minimum absolute atomic E-state index is 0.0582. The number of hydrogen-bond donors (Lipinski definition) is 2. The average molecular weight is 363 g/mol. The largest absolute Gasteiger partial charge is 0.322 e. The van der Waals surface area contributed by atoms with Crippen LogP contribution in [0.4, 0.5) is 0 Å². The molecule has 0 aliphatic carbocycles. The highest BCUT2D eigenvalue weighted by Crippen LogP contribution is 2.16. The van der Waals surface area contributed by atoms with Gasteiger partial charge in [-0.3, -0.25) is 4.79 Å². The first kappa shape index (κ1) is 16.7. The van der Waals surface area contributed by atoms with Gasteiger partial charge in [0.2, 0.25) is 10.0 Å². The number of rotatable bonds is 4. The number of halogens is 1. The molecule has 5 nitrogen and oxygen atoms in total. The lowest BCUT2D eigenvalue weighted by atomic mass is 10.1. The minimum atomic E-state index is -3.74. The molecule has 0 radical (unpaired) electrons. The molecule has 0 saturated heterocycles. The van der Waals surface area contributed by atoms with Gasteiger partial charge in [0.15, 0.2) is 0 Å². The molecule has 0 unspecified atom stereocenters. The SMILES string of the molecule is Cc1ccc2cc(CNS(=O)(=O)c3cccc(Cl)c3)c(=O)[nH]c2c1. The fraction of sp³-hybridized carbons (Fsp3) is 0.118. The molecule has 3 rings (SSSR count). The Balaban J connectivity index is 1.89. The van der Waals surface area contributed by atoms with Gasteiger partial charge in [-0.15, -0.1) is 0 Å². The van der Waals surface area contributed by atoms with Crippen LogP contribution in [0.15, 0.2) is 58.2 Å². The van der Waals surface area contributed by atoms with Crippen molar-refractivity contribution in [1.29, 1.82) is 0 Å². The topological polar surface area (TPSA) is 79.0 Å². The van der Waals surface area contributed by atoms with E-state index in [-0.39, 0.29) is 17.0 Å². The first-order chi connectivity index (χ1) is 11.3. The molecule has 0 aliphatic heterocycles. The molecule has 0 spiro atoms. The van der Waals surface area contributed by atoms with Gasteiger partial charge in [-0.25, -0.2) is 13.1 Å². The third-order valence-corrected chi connectivity index (χ3v) is 5.27. The van der Waals surface area contributed by atoms with Crippen molar-refractivity contribution in [2.45, 2.75) is 18.4 Å². The zero-order valence-electron chi connectivity index (χ0n) is 12.8. The minimum Gasteiger partial charge on any atom is -0.322 e. The Hall–Kier alpha value is -2.15. The van der Waals surface area contributed by atoms with Crippen molar-refractivity contribution in [3.63, 3.8) is 0 Å². The van der Waals surface area contributed by atoms with Crippen LogP contribution in [0.25, 0.3) is 10.9 Å². The summed E-state index contributed by atoms with van der Waals surface area (Å²) in [5.74, 6) is 0. The van der Waals surface area contributed by atoms with Crippen LogP contribution in [0.3, 0.4) is 0 Å². The standard InChI is InChI=1S/C17H15ClN2O3S/c1-11-5-6-12-8-13(17(21)20-16(12)7-11)10-19-24(22,23)15-4-2-3-14(18)9-15/h2-9,19H,10H2,1H3,(H,20,21). The molecule has 2 aromatic carbocycles. The van der Waals surface area contributed by atoms with E-state index in [2.05, 4.69) is 9.71 Å². The number of benzene rings is 2. The van der Waals surface area contributed by atoms with Gasteiger partial charge in [-0.1, -0.05) is 29.8 Å². The Labute approximate surface area is 144 Å². The van der Waals surface area contributed by atoms with Gasteiger partial charge < -0.3 is 4.98 Å². The van der Waals surface area contributed by atoms with Crippen LogP contribution in [0.1, 0.15) is 11.1 Å². The number of hydrogen-bond acceptors (Lipinski definition) is 3. The van der Waals surface area contributed by atoms with Crippen molar-refractivity contribution in [2.24, 2.45) is 0 Å². The molecule has 0 amide bonds. The molecular weight excluding hydrogens is 348 g/mol. The summed E-state index contributed by atoms with van der Waals surface area (Å²) in [5, 5.41) is 1.17. The molecule has 7 heteroatoms. The molecule has 24 heavy (non-hydrogen) atoms. The fourth-order valence-electron chi connectivity index (χ4n) is 2.38. The number of aryl methyl sites for hydroxylation is 1. The van der Waals surface area contributed by atoms with E-state index in [1.54, 1.807) is 18.2 Å². The van der Waals surface area contributed by atoms with Crippen molar-refractivity contribution >= 4 is 32.5 Å². The van der Waals surface area contributed by atoms with Crippen molar-refractivity contribution < 1.29 is 8.42 Å². The number of pyridine rings is 1. The molecule has 3 aromatic rings. The molecule has 2 N–H and O–H groups in total. The van der Waals surface area contributed by atoms with Crippen molar-refractivity contribution in [2.75, 3.05) is 0 Å². The molecule has 1 heterocycles. The number of fused-ring (bicyclic) bond motifs is 1. The summed E-state index contributed by atoms with van der Waals surface area (Å²) in [4.78, 5) is 15.0. The van der Waals surface area contributed by atoms with Crippen molar-refractivity contribution in [3.8, 4) is 0 Å². The Morgan fingerprint density at radius 3 is 2.67 bits per heavy atom. The number of aromatic amines is 1. The van der Waals surface area contributed by atoms with E-state index in [0.717, 1.165) is 16.5 Å². The Bertz CT molecular complexity index is 1070. The van der Waals surface area contributed by atoms with E-state index in [9.17, 15) is 13.2 Å². The van der Waals surface area contributed by atoms with Crippen molar-refractivity contribution in [3.05, 3.63) is 75.0 Å². The van der Waals surface area contributed by atoms with Crippen LogP contribution < -0.4 is 10.3 Å². The van der Waals surface area contributed by atoms with E-state index in [1.165, 1.54) is 12.1 Å². The predicted octanol–water partition coefficient (Wildman–Crippen LogP) is 2.97. The van der Waals surface area contributed by atoms with Crippen LogP contribution in [-0.4, -0.2) is 13.4 Å². The Morgan fingerprint density at radius 2 is 1.92 bits per heavy atom. The zero-order valence-corrected chi connectivity index (χ0v) is 14.4. The van der Waals surface area contributed by atoms with E-state index < -0.39 is 10.0 Å². The van der Waals surface area contributed by atoms with Gasteiger partial charge >= 0.3 is 0 Å². The van der Waals surface area contributed by atoms with Gasteiger partial charge in [0.05, 0.1) is 4.90 Å². The molecule has 0 atom stereocenters. The zero-order chi connectivity index (χ0) is 17.3. The highest BCUT2D eigenvalue weighted by Gasteiger charge is 2.15. The van der Waals surface area contributed by atoms with Gasteiger partial charge in [0.1, 0.15) is 0 Å². The van der Waals surface area contributed by atoms with E-state index in [0.29, 0.717) is 10.6 Å². The van der Waals surface area contributed by atoms with Gasteiger partial charge in [0.25, 0.3) is 5.56 Å². The maximum Gasteiger partial charge on any atom is 0.252 e. The first-order valence-electron chi connectivity index (χ1n) is 7.23. The number of H-pyrrole nitrogens is 1. The number of sulfonamides is 1. The first-order valence-corrected chi connectivity index (χ1v) is 9.09. The van der Waals surface area contributed by atoms with E-state index in [1.807, 2.05) is 25.1 Å². The lowest BCUT2D eigenvalue weighted by Gasteiger charge is -2.08. The monoisotopic (exact) mass is 362 g/mol. The summed E-state index contributed by atoms with van der Waals surface area (Å²) in [6, 6.07) is 13.3. The summed E-state index contributed by atoms with van der Waals surface area (Å²) in [6.07, 6.45) is 0. The summed E-state index contributed by atoms with van der Waals surface area (Å²) in [7, 11) is -3.74. The number of nitrogens with one attached hydrogen (secondary N) is 2. The molecule has 0 aliphatic rings. The molecular formula is C17H15ClN2O3S. The predicted molar refractivity (Wildman–Crippen MR) is 94.8 cm³/mol. The van der Waals surface area contributed by atoms with Gasteiger partial charge in [-0.05, 0) is 48.2 Å². The Kier molecular flexibility index (Phi) is 4.45. The second-order valence-corrected chi connectivity index (χ2v) is 7.70. The lowest BCUT2D eigenvalue weighted by Crippen LogP contribution is -2.27. The molecule has 0 fully saturated rings. The maximum atomic E-state index is 12.3. The molecule has 124 valence electrons. The van der Waals surface area contributed by atoms with Crippen LogP contribution >= 0.6 is 11.6 Å². The van der Waals surface area contributed by atoms with Crippen molar-refractivity contribution in [1.82, 2.24) is 9.71 Å². The highest BCUT2D eigenvalue weighted by molar-refractivity contribution is 7.89. The third kappa shape index (κ3) is 3.51. The van der Waals surface area contributed by atoms with Crippen LogP contribution in [0.5, 0.6) is 0 Å². The maximum absolute atomic E-state index is 12.3. The second-order valence-electron chi connectivity index (χ2n) is 5.50. The summed E-state index contributed by atoms with van der Waals surface area (Å²) < 4.78 is 27.0. The summed E-state index contributed by atoms with van der Waals surface area (Å²) >= 11 is 5.82. The smallest absolute Gasteiger partial charge is 0.252 e. The summed E-state index contributed by atoms with van der Waals surface area (Å²) in [6.45, 7) is 1.83. The normalized spacial score (nSPS) is 11.8. The fourth-order valence-corrected chi connectivity index (χ4v) is 3.69. The third-order valence-electron chi connectivity index (χ3n) is 3.64. The second kappa shape index (κ2) is 6.39. The average Bonchev–Trinajstić information content (AvgIpc) is 2.53.